The van der Waals surface area contributed by atoms with Crippen molar-refractivity contribution in [3.8, 4) is 11.3 Å². The predicted octanol–water partition coefficient (Wildman–Crippen LogP) is 1.92. The fourth-order valence-corrected chi connectivity index (χ4v) is 3.56. The molecule has 1 aliphatic heterocycles. The first-order chi connectivity index (χ1) is 15.0. The van der Waals surface area contributed by atoms with Crippen LogP contribution in [0.2, 0.25) is 0 Å². The minimum Gasteiger partial charge on any atom is -0.350 e. The number of benzene rings is 1. The molecule has 31 heavy (non-hydrogen) atoms. The molecule has 0 unspecified atom stereocenters. The van der Waals surface area contributed by atoms with Crippen molar-refractivity contribution in [2.24, 2.45) is 0 Å². The summed E-state index contributed by atoms with van der Waals surface area (Å²) in [4.78, 5) is 40.3. The number of carbonyl (C=O) groups excluding carboxylic acids is 3. The Balaban J connectivity index is 1.42. The van der Waals surface area contributed by atoms with Crippen molar-refractivity contribution >= 4 is 17.7 Å². The van der Waals surface area contributed by atoms with Crippen molar-refractivity contribution in [2.45, 2.75) is 26.8 Å². The lowest BCUT2D eigenvalue weighted by molar-refractivity contribution is -0.150. The molecule has 0 radical (unpaired) electrons. The standard InChI is InChI=1S/C22H23N5O4/c1-3-26-12-17(15(2)23-26)18-11-19(31-24-18)22(30)25-13-20(28)27(21(29)14-25)10-9-16-7-5-4-6-8-16/h4-8,11-12H,3,9-10,13-14H2,1-2H3. The molecule has 3 amide bonds. The highest BCUT2D eigenvalue weighted by Crippen LogP contribution is 2.23. The van der Waals surface area contributed by atoms with E-state index in [-0.39, 0.29) is 25.4 Å². The van der Waals surface area contributed by atoms with Gasteiger partial charge in [0.25, 0.3) is 5.91 Å². The van der Waals surface area contributed by atoms with Gasteiger partial charge in [0.15, 0.2) is 0 Å². The van der Waals surface area contributed by atoms with Gasteiger partial charge < -0.3 is 9.42 Å². The number of nitrogens with zero attached hydrogens (tertiary/aromatic N) is 5. The summed E-state index contributed by atoms with van der Waals surface area (Å²) in [7, 11) is 0. The molecular formula is C22H23N5O4. The van der Waals surface area contributed by atoms with Crippen LogP contribution in [0.3, 0.4) is 0 Å². The van der Waals surface area contributed by atoms with Gasteiger partial charge in [-0.25, -0.2) is 0 Å². The molecule has 9 heteroatoms. The predicted molar refractivity (Wildman–Crippen MR) is 111 cm³/mol. The molecule has 0 aliphatic carbocycles. The van der Waals surface area contributed by atoms with Crippen LogP contribution in [0.1, 0.15) is 28.7 Å². The molecule has 9 nitrogen and oxygen atoms in total. The lowest BCUT2D eigenvalue weighted by Gasteiger charge is -2.32. The third-order valence-electron chi connectivity index (χ3n) is 5.28. The Morgan fingerprint density at radius 2 is 1.84 bits per heavy atom. The molecule has 160 valence electrons. The Hall–Kier alpha value is -3.75. The second kappa shape index (κ2) is 8.55. The van der Waals surface area contributed by atoms with Gasteiger partial charge in [-0.15, -0.1) is 0 Å². The summed E-state index contributed by atoms with van der Waals surface area (Å²) >= 11 is 0. The summed E-state index contributed by atoms with van der Waals surface area (Å²) in [6.45, 7) is 4.47. The number of amides is 3. The Morgan fingerprint density at radius 1 is 1.13 bits per heavy atom. The molecular weight excluding hydrogens is 398 g/mol. The summed E-state index contributed by atoms with van der Waals surface area (Å²) in [5.41, 5.74) is 3.06. The zero-order chi connectivity index (χ0) is 22.0. The number of imide groups is 1. The zero-order valence-corrected chi connectivity index (χ0v) is 17.4. The van der Waals surface area contributed by atoms with Crippen LogP contribution in [-0.2, 0) is 22.6 Å². The van der Waals surface area contributed by atoms with Gasteiger partial charge in [0, 0.05) is 30.9 Å². The van der Waals surface area contributed by atoms with Crippen molar-refractivity contribution in [2.75, 3.05) is 19.6 Å². The molecule has 1 fully saturated rings. The SMILES string of the molecule is CCn1cc(-c2cc(C(=O)N3CC(=O)N(CCc4ccccc4)C(=O)C3)on2)c(C)n1. The molecule has 3 aromatic rings. The van der Waals surface area contributed by atoms with E-state index in [0.29, 0.717) is 18.7 Å². The fourth-order valence-electron chi connectivity index (χ4n) is 3.56. The summed E-state index contributed by atoms with van der Waals surface area (Å²) in [5.74, 6) is -1.36. The number of piperazine rings is 1. The van der Waals surface area contributed by atoms with Crippen molar-refractivity contribution in [1.82, 2.24) is 24.7 Å². The fraction of sp³-hybridized carbons (Fsp3) is 0.318. The number of aromatic nitrogens is 3. The molecule has 0 spiro atoms. The Kier molecular flexibility index (Phi) is 5.66. The minimum atomic E-state index is -0.538. The van der Waals surface area contributed by atoms with Gasteiger partial charge in [-0.3, -0.25) is 24.0 Å². The van der Waals surface area contributed by atoms with E-state index in [1.807, 2.05) is 50.4 Å². The van der Waals surface area contributed by atoms with Gasteiger partial charge >= 0.3 is 0 Å². The summed E-state index contributed by atoms with van der Waals surface area (Å²) in [6, 6.07) is 11.1. The maximum Gasteiger partial charge on any atom is 0.293 e. The molecule has 1 saturated heterocycles. The van der Waals surface area contributed by atoms with Crippen LogP contribution >= 0.6 is 0 Å². The van der Waals surface area contributed by atoms with E-state index in [1.54, 1.807) is 4.68 Å². The van der Waals surface area contributed by atoms with Crippen LogP contribution in [-0.4, -0.2) is 62.1 Å². The van der Waals surface area contributed by atoms with Crippen LogP contribution in [0, 0.1) is 6.92 Å². The summed E-state index contributed by atoms with van der Waals surface area (Å²) < 4.78 is 6.99. The van der Waals surface area contributed by atoms with E-state index in [9.17, 15) is 14.4 Å². The van der Waals surface area contributed by atoms with E-state index in [1.165, 1.54) is 15.9 Å². The monoisotopic (exact) mass is 421 g/mol. The summed E-state index contributed by atoms with van der Waals surface area (Å²) in [6.07, 6.45) is 2.41. The molecule has 4 rings (SSSR count). The largest absolute Gasteiger partial charge is 0.350 e. The number of rotatable bonds is 6. The smallest absolute Gasteiger partial charge is 0.293 e. The number of hydrogen-bond acceptors (Lipinski definition) is 6. The van der Waals surface area contributed by atoms with E-state index < -0.39 is 17.7 Å². The molecule has 1 aliphatic rings. The third kappa shape index (κ3) is 4.25. The van der Waals surface area contributed by atoms with Crippen LogP contribution < -0.4 is 0 Å². The molecule has 1 aromatic carbocycles. The second-order valence-electron chi connectivity index (χ2n) is 7.40. The first kappa shape index (κ1) is 20.5. The van der Waals surface area contributed by atoms with Crippen LogP contribution in [0.4, 0.5) is 0 Å². The maximum atomic E-state index is 12.8. The second-order valence-corrected chi connectivity index (χ2v) is 7.40. The van der Waals surface area contributed by atoms with Crippen LogP contribution in [0.25, 0.3) is 11.3 Å². The lowest BCUT2D eigenvalue weighted by Crippen LogP contribution is -2.55. The maximum absolute atomic E-state index is 12.8. The Morgan fingerprint density at radius 3 is 2.48 bits per heavy atom. The Bertz CT molecular complexity index is 1100. The van der Waals surface area contributed by atoms with Gasteiger partial charge in [0.05, 0.1) is 5.69 Å². The van der Waals surface area contributed by atoms with Crippen molar-refractivity contribution < 1.29 is 18.9 Å². The quantitative estimate of drug-likeness (QED) is 0.564. The van der Waals surface area contributed by atoms with Crippen molar-refractivity contribution in [1.29, 1.82) is 0 Å². The normalized spacial score (nSPS) is 14.4. The molecule has 3 heterocycles. The van der Waals surface area contributed by atoms with E-state index in [2.05, 4.69) is 10.3 Å². The van der Waals surface area contributed by atoms with E-state index >= 15 is 0 Å². The molecule has 0 N–H and O–H groups in total. The highest BCUT2D eigenvalue weighted by molar-refractivity contribution is 6.05. The molecule has 0 bridgehead atoms. The third-order valence-corrected chi connectivity index (χ3v) is 5.28. The van der Waals surface area contributed by atoms with Crippen molar-refractivity contribution in [3.63, 3.8) is 0 Å². The Labute approximate surface area is 179 Å². The minimum absolute atomic E-state index is 0.0167. The average molecular weight is 421 g/mol. The molecule has 0 saturated carbocycles. The van der Waals surface area contributed by atoms with Gasteiger partial charge in [-0.2, -0.15) is 5.10 Å². The molecule has 2 aromatic heterocycles. The van der Waals surface area contributed by atoms with E-state index in [0.717, 1.165) is 16.8 Å². The zero-order valence-electron chi connectivity index (χ0n) is 17.4. The number of aryl methyl sites for hydroxylation is 2. The number of hydrogen-bond donors (Lipinski definition) is 0. The van der Waals surface area contributed by atoms with E-state index in [4.69, 9.17) is 4.52 Å². The van der Waals surface area contributed by atoms with Gasteiger partial charge in [0.2, 0.25) is 17.6 Å². The topological polar surface area (TPSA) is 102 Å². The van der Waals surface area contributed by atoms with Crippen LogP contribution in [0.5, 0.6) is 0 Å². The average Bonchev–Trinajstić information content (AvgIpc) is 3.39. The van der Waals surface area contributed by atoms with Crippen LogP contribution in [0.15, 0.2) is 47.1 Å². The number of carbonyl (C=O) groups is 3. The van der Waals surface area contributed by atoms with Gasteiger partial charge in [0.1, 0.15) is 18.8 Å². The first-order valence-electron chi connectivity index (χ1n) is 10.1. The van der Waals surface area contributed by atoms with Gasteiger partial charge in [-0.05, 0) is 25.8 Å². The van der Waals surface area contributed by atoms with Crippen molar-refractivity contribution in [3.05, 3.63) is 59.6 Å². The highest BCUT2D eigenvalue weighted by atomic mass is 16.5. The molecule has 0 atom stereocenters. The summed E-state index contributed by atoms with van der Waals surface area (Å²) in [5, 5.41) is 8.33. The van der Waals surface area contributed by atoms with Gasteiger partial charge in [-0.1, -0.05) is 35.5 Å². The lowest BCUT2D eigenvalue weighted by atomic mass is 10.1. The highest BCUT2D eigenvalue weighted by Gasteiger charge is 2.35. The first-order valence-corrected chi connectivity index (χ1v) is 10.1.